The van der Waals surface area contributed by atoms with E-state index in [-0.39, 0.29) is 11.8 Å². The SMILES string of the molecule is COc1cc(Cl)c(C)cc1NC(=O)C1CC1C(=O)Nc1ccccc1C#N. The van der Waals surface area contributed by atoms with Gasteiger partial charge in [-0.1, -0.05) is 23.7 Å². The number of hydrogen-bond donors (Lipinski definition) is 2. The highest BCUT2D eigenvalue weighted by Gasteiger charge is 2.48. The van der Waals surface area contributed by atoms with Crippen molar-refractivity contribution in [1.82, 2.24) is 0 Å². The number of hydrogen-bond acceptors (Lipinski definition) is 4. The van der Waals surface area contributed by atoms with Gasteiger partial charge < -0.3 is 15.4 Å². The standard InChI is InChI=1S/C20H18ClN3O3/c1-11-7-17(18(27-2)9-15(11)21)24-20(26)14-8-13(14)19(25)23-16-6-4-3-5-12(16)10-22/h3-7,9,13-14H,8H2,1-2H3,(H,23,25)(H,24,26). The van der Waals surface area contributed by atoms with Crippen LogP contribution in [0.25, 0.3) is 0 Å². The van der Waals surface area contributed by atoms with Gasteiger partial charge in [-0.25, -0.2) is 0 Å². The second-order valence-corrected chi connectivity index (χ2v) is 6.79. The number of benzene rings is 2. The van der Waals surface area contributed by atoms with Crippen LogP contribution in [-0.2, 0) is 9.59 Å². The zero-order valence-corrected chi connectivity index (χ0v) is 15.6. The third-order valence-electron chi connectivity index (χ3n) is 4.51. The van der Waals surface area contributed by atoms with Gasteiger partial charge in [-0.15, -0.1) is 0 Å². The van der Waals surface area contributed by atoms with E-state index in [1.807, 2.05) is 13.0 Å². The Labute approximate surface area is 162 Å². The Kier molecular flexibility index (Phi) is 5.33. The summed E-state index contributed by atoms with van der Waals surface area (Å²) in [6, 6.07) is 12.2. The van der Waals surface area contributed by atoms with Crippen molar-refractivity contribution in [3.05, 3.63) is 52.5 Å². The van der Waals surface area contributed by atoms with Crippen LogP contribution in [0.1, 0.15) is 17.5 Å². The summed E-state index contributed by atoms with van der Waals surface area (Å²) in [6.07, 6.45) is 0.460. The zero-order chi connectivity index (χ0) is 19.6. The molecule has 1 aliphatic carbocycles. The number of carbonyl (C=O) groups is 2. The molecule has 2 unspecified atom stereocenters. The molecule has 1 fully saturated rings. The minimum Gasteiger partial charge on any atom is -0.495 e. The minimum atomic E-state index is -0.420. The third-order valence-corrected chi connectivity index (χ3v) is 4.92. The number of halogens is 1. The molecule has 2 aromatic rings. The Morgan fingerprint density at radius 1 is 1.15 bits per heavy atom. The fraction of sp³-hybridized carbons (Fsp3) is 0.250. The van der Waals surface area contributed by atoms with Crippen LogP contribution in [0, 0.1) is 30.1 Å². The maximum absolute atomic E-state index is 12.5. The summed E-state index contributed by atoms with van der Waals surface area (Å²) in [5.74, 6) is -0.888. The number of carbonyl (C=O) groups excluding carboxylic acids is 2. The molecule has 6 nitrogen and oxygen atoms in total. The van der Waals surface area contributed by atoms with E-state index in [1.54, 1.807) is 36.4 Å². The monoisotopic (exact) mass is 383 g/mol. The predicted molar refractivity (Wildman–Crippen MR) is 103 cm³/mol. The Morgan fingerprint density at radius 2 is 1.78 bits per heavy atom. The first-order valence-corrected chi connectivity index (χ1v) is 8.77. The molecule has 0 heterocycles. The van der Waals surface area contributed by atoms with Crippen LogP contribution in [0.3, 0.4) is 0 Å². The van der Waals surface area contributed by atoms with Crippen LogP contribution < -0.4 is 15.4 Å². The second-order valence-electron chi connectivity index (χ2n) is 6.39. The van der Waals surface area contributed by atoms with Gasteiger partial charge in [-0.2, -0.15) is 5.26 Å². The average Bonchev–Trinajstić information content (AvgIpc) is 3.46. The Hall–Kier alpha value is -3.04. The molecule has 3 rings (SSSR count). The maximum atomic E-state index is 12.5. The van der Waals surface area contributed by atoms with E-state index in [0.29, 0.717) is 34.1 Å². The number of amides is 2. The quantitative estimate of drug-likeness (QED) is 0.822. The summed E-state index contributed by atoms with van der Waals surface area (Å²) in [5, 5.41) is 15.2. The summed E-state index contributed by atoms with van der Waals surface area (Å²) < 4.78 is 5.25. The molecule has 1 aliphatic rings. The fourth-order valence-corrected chi connectivity index (χ4v) is 3.00. The molecule has 27 heavy (non-hydrogen) atoms. The molecule has 0 aromatic heterocycles. The second kappa shape index (κ2) is 7.68. The lowest BCUT2D eigenvalue weighted by Gasteiger charge is -2.12. The van der Waals surface area contributed by atoms with Gasteiger partial charge >= 0.3 is 0 Å². The summed E-state index contributed by atoms with van der Waals surface area (Å²) >= 11 is 6.07. The van der Waals surface area contributed by atoms with Crippen LogP contribution >= 0.6 is 11.6 Å². The lowest BCUT2D eigenvalue weighted by atomic mass is 10.1. The molecule has 2 aromatic carbocycles. The molecule has 0 bridgehead atoms. The first-order chi connectivity index (χ1) is 12.9. The molecule has 2 amide bonds. The van der Waals surface area contributed by atoms with E-state index in [2.05, 4.69) is 10.6 Å². The smallest absolute Gasteiger partial charge is 0.228 e. The van der Waals surface area contributed by atoms with Crippen molar-refractivity contribution >= 4 is 34.8 Å². The zero-order valence-electron chi connectivity index (χ0n) is 14.9. The molecular weight excluding hydrogens is 366 g/mol. The maximum Gasteiger partial charge on any atom is 0.228 e. The lowest BCUT2D eigenvalue weighted by molar-refractivity contribution is -0.122. The van der Waals surface area contributed by atoms with Gasteiger partial charge in [-0.3, -0.25) is 9.59 Å². The number of ether oxygens (including phenoxy) is 1. The number of anilines is 2. The van der Waals surface area contributed by atoms with E-state index in [9.17, 15) is 9.59 Å². The summed E-state index contributed by atoms with van der Waals surface area (Å²) in [4.78, 5) is 24.9. The highest BCUT2D eigenvalue weighted by Crippen LogP contribution is 2.41. The summed E-state index contributed by atoms with van der Waals surface area (Å²) in [7, 11) is 1.50. The van der Waals surface area contributed by atoms with E-state index in [1.165, 1.54) is 7.11 Å². The Balaban J connectivity index is 1.65. The van der Waals surface area contributed by atoms with Crippen molar-refractivity contribution in [3.8, 4) is 11.8 Å². The molecule has 0 aliphatic heterocycles. The number of nitrogens with one attached hydrogen (secondary N) is 2. The fourth-order valence-electron chi connectivity index (χ4n) is 2.84. The molecule has 138 valence electrons. The molecule has 0 spiro atoms. The molecule has 2 N–H and O–H groups in total. The molecule has 0 saturated heterocycles. The lowest BCUT2D eigenvalue weighted by Crippen LogP contribution is -2.21. The van der Waals surface area contributed by atoms with E-state index >= 15 is 0 Å². The van der Waals surface area contributed by atoms with Gasteiger partial charge in [0, 0.05) is 11.1 Å². The van der Waals surface area contributed by atoms with Gasteiger partial charge in [0.05, 0.1) is 35.9 Å². The van der Waals surface area contributed by atoms with Gasteiger partial charge in [0.2, 0.25) is 11.8 Å². The Bertz CT molecular complexity index is 952. The first kappa shape index (κ1) is 18.7. The van der Waals surface area contributed by atoms with Crippen LogP contribution in [0.15, 0.2) is 36.4 Å². The number of nitriles is 1. The van der Waals surface area contributed by atoms with E-state index in [4.69, 9.17) is 21.6 Å². The van der Waals surface area contributed by atoms with Crippen molar-refractivity contribution < 1.29 is 14.3 Å². The third kappa shape index (κ3) is 4.04. The number of aryl methyl sites for hydroxylation is 1. The Morgan fingerprint density at radius 3 is 2.41 bits per heavy atom. The summed E-state index contributed by atoms with van der Waals surface area (Å²) in [6.45, 7) is 1.83. The van der Waals surface area contributed by atoms with Crippen LogP contribution in [0.4, 0.5) is 11.4 Å². The average molecular weight is 384 g/mol. The van der Waals surface area contributed by atoms with Crippen LogP contribution in [-0.4, -0.2) is 18.9 Å². The number of nitrogens with zero attached hydrogens (tertiary/aromatic N) is 1. The van der Waals surface area contributed by atoms with Crippen molar-refractivity contribution in [2.24, 2.45) is 11.8 Å². The highest BCUT2D eigenvalue weighted by atomic mass is 35.5. The van der Waals surface area contributed by atoms with Gasteiger partial charge in [-0.05, 0) is 37.1 Å². The largest absolute Gasteiger partial charge is 0.495 e. The molecular formula is C20H18ClN3O3. The number of para-hydroxylation sites is 1. The van der Waals surface area contributed by atoms with Crippen molar-refractivity contribution in [2.45, 2.75) is 13.3 Å². The van der Waals surface area contributed by atoms with E-state index < -0.39 is 11.8 Å². The van der Waals surface area contributed by atoms with Crippen LogP contribution in [0.2, 0.25) is 5.02 Å². The van der Waals surface area contributed by atoms with Crippen LogP contribution in [0.5, 0.6) is 5.75 Å². The van der Waals surface area contributed by atoms with Gasteiger partial charge in [0.1, 0.15) is 11.8 Å². The van der Waals surface area contributed by atoms with Gasteiger partial charge in [0.25, 0.3) is 0 Å². The van der Waals surface area contributed by atoms with Gasteiger partial charge in [0.15, 0.2) is 0 Å². The number of methoxy groups -OCH3 is 1. The molecule has 2 atom stereocenters. The van der Waals surface area contributed by atoms with Crippen molar-refractivity contribution in [1.29, 1.82) is 5.26 Å². The molecule has 0 radical (unpaired) electrons. The topological polar surface area (TPSA) is 91.2 Å². The van der Waals surface area contributed by atoms with Crippen molar-refractivity contribution in [3.63, 3.8) is 0 Å². The minimum absolute atomic E-state index is 0.247. The molecule has 7 heteroatoms. The first-order valence-electron chi connectivity index (χ1n) is 8.39. The van der Waals surface area contributed by atoms with E-state index in [0.717, 1.165) is 5.56 Å². The van der Waals surface area contributed by atoms with Crippen molar-refractivity contribution in [2.75, 3.05) is 17.7 Å². The predicted octanol–water partition coefficient (Wildman–Crippen LogP) is 3.74. The summed E-state index contributed by atoms with van der Waals surface area (Å²) in [5.41, 5.74) is 2.16. The highest BCUT2D eigenvalue weighted by molar-refractivity contribution is 6.31. The number of rotatable bonds is 5. The molecule has 1 saturated carbocycles. The normalized spacial score (nSPS) is 17.6.